The molecule has 3 heteroatoms. The highest BCUT2D eigenvalue weighted by atomic mass is 16.5. The topological polar surface area (TPSA) is 29.5 Å². The quantitative estimate of drug-likeness (QED) is 0.657. The second kappa shape index (κ2) is 7.54. The van der Waals surface area contributed by atoms with Gasteiger partial charge in [0.1, 0.15) is 0 Å². The van der Waals surface area contributed by atoms with Gasteiger partial charge in [-0.15, -0.1) is 0 Å². The molecule has 0 saturated carbocycles. The van der Waals surface area contributed by atoms with Crippen molar-refractivity contribution in [3.05, 3.63) is 90.0 Å². The van der Waals surface area contributed by atoms with Gasteiger partial charge >= 0.3 is 0 Å². The lowest BCUT2D eigenvalue weighted by atomic mass is 9.93. The Balaban J connectivity index is 1.79. The van der Waals surface area contributed by atoms with Gasteiger partial charge in [0.15, 0.2) is 5.78 Å². The van der Waals surface area contributed by atoms with Crippen molar-refractivity contribution < 1.29 is 9.53 Å². The van der Waals surface area contributed by atoms with Gasteiger partial charge in [-0.3, -0.25) is 4.79 Å². The van der Waals surface area contributed by atoms with Crippen LogP contribution in [0.1, 0.15) is 15.9 Å². The first-order valence-corrected chi connectivity index (χ1v) is 8.95. The number of benzene rings is 3. The number of hydrogen-bond acceptors (Lipinski definition) is 3. The third-order valence-electron chi connectivity index (χ3n) is 4.74. The van der Waals surface area contributed by atoms with E-state index in [1.165, 1.54) is 0 Å². The largest absolute Gasteiger partial charge is 0.378 e. The minimum absolute atomic E-state index is 0.0537. The molecule has 1 saturated heterocycles. The molecule has 3 aromatic rings. The van der Waals surface area contributed by atoms with Gasteiger partial charge in [0, 0.05) is 29.9 Å². The molecule has 0 atom stereocenters. The van der Waals surface area contributed by atoms with Crippen molar-refractivity contribution in [1.82, 2.24) is 0 Å². The van der Waals surface area contributed by atoms with Gasteiger partial charge in [-0.2, -0.15) is 0 Å². The Kier molecular flexibility index (Phi) is 4.80. The lowest BCUT2D eigenvalue weighted by Crippen LogP contribution is -2.36. The van der Waals surface area contributed by atoms with Gasteiger partial charge in [0.2, 0.25) is 0 Å². The first-order valence-electron chi connectivity index (χ1n) is 8.95. The van der Waals surface area contributed by atoms with E-state index in [1.54, 1.807) is 0 Å². The molecule has 0 radical (unpaired) electrons. The molecule has 0 unspecified atom stereocenters. The molecule has 1 heterocycles. The highest BCUT2D eigenvalue weighted by Crippen LogP contribution is 2.30. The first kappa shape index (κ1) is 16.6. The summed E-state index contributed by atoms with van der Waals surface area (Å²) in [5.41, 5.74) is 4.62. The monoisotopic (exact) mass is 343 g/mol. The summed E-state index contributed by atoms with van der Waals surface area (Å²) in [6.07, 6.45) is 0. The number of anilines is 1. The van der Waals surface area contributed by atoms with E-state index in [2.05, 4.69) is 23.1 Å². The number of morpholine rings is 1. The first-order chi connectivity index (χ1) is 12.8. The summed E-state index contributed by atoms with van der Waals surface area (Å²) in [5, 5.41) is 0. The number of hydrogen-bond donors (Lipinski definition) is 0. The molecule has 1 fully saturated rings. The zero-order valence-corrected chi connectivity index (χ0v) is 14.6. The summed E-state index contributed by atoms with van der Waals surface area (Å²) in [7, 11) is 0. The second-order valence-corrected chi connectivity index (χ2v) is 6.39. The van der Waals surface area contributed by atoms with Gasteiger partial charge in [-0.05, 0) is 29.3 Å². The molecule has 3 aromatic carbocycles. The zero-order valence-electron chi connectivity index (χ0n) is 14.6. The Hall–Kier alpha value is -2.91. The fourth-order valence-corrected chi connectivity index (χ4v) is 3.35. The molecule has 0 bridgehead atoms. The summed E-state index contributed by atoms with van der Waals surface area (Å²) in [5.74, 6) is 0.0537. The van der Waals surface area contributed by atoms with Crippen LogP contribution in [-0.2, 0) is 4.74 Å². The Bertz CT molecular complexity index is 885. The summed E-state index contributed by atoms with van der Waals surface area (Å²) in [6.45, 7) is 3.23. The van der Waals surface area contributed by atoms with Crippen LogP contribution in [0.15, 0.2) is 78.9 Å². The molecule has 4 rings (SSSR count). The fraction of sp³-hybridized carbons (Fsp3) is 0.174. The van der Waals surface area contributed by atoms with Crippen molar-refractivity contribution in [2.45, 2.75) is 0 Å². The van der Waals surface area contributed by atoms with Crippen molar-refractivity contribution in [2.75, 3.05) is 31.2 Å². The number of carbonyl (C=O) groups excluding carboxylic acids is 1. The summed E-state index contributed by atoms with van der Waals surface area (Å²) < 4.78 is 5.46. The normalized spacial score (nSPS) is 14.2. The van der Waals surface area contributed by atoms with E-state index in [0.29, 0.717) is 5.56 Å². The molecule has 0 spiro atoms. The maximum atomic E-state index is 13.1. The molecule has 0 aliphatic carbocycles. The number of carbonyl (C=O) groups is 1. The second-order valence-electron chi connectivity index (χ2n) is 6.39. The molecule has 3 nitrogen and oxygen atoms in total. The molecular weight excluding hydrogens is 322 g/mol. The third kappa shape index (κ3) is 3.39. The van der Waals surface area contributed by atoms with Crippen LogP contribution in [0.3, 0.4) is 0 Å². The smallest absolute Gasteiger partial charge is 0.193 e. The standard InChI is InChI=1S/C23H21NO2/c25-23(19-9-5-2-6-10-19)21-12-11-20(24-13-15-26-16-14-24)17-22(21)18-7-3-1-4-8-18/h1-12,17H,13-16H2. The molecule has 1 aliphatic heterocycles. The molecular formula is C23H21NO2. The molecule has 0 amide bonds. The van der Waals surface area contributed by atoms with Gasteiger partial charge < -0.3 is 9.64 Å². The highest BCUT2D eigenvalue weighted by molar-refractivity contribution is 6.13. The predicted octanol–water partition coefficient (Wildman–Crippen LogP) is 4.42. The van der Waals surface area contributed by atoms with Crippen LogP contribution >= 0.6 is 0 Å². The minimum atomic E-state index is 0.0537. The third-order valence-corrected chi connectivity index (χ3v) is 4.74. The van der Waals surface area contributed by atoms with E-state index < -0.39 is 0 Å². The average molecular weight is 343 g/mol. The number of ether oxygens (including phenoxy) is 1. The van der Waals surface area contributed by atoms with E-state index in [1.807, 2.05) is 60.7 Å². The molecule has 26 heavy (non-hydrogen) atoms. The van der Waals surface area contributed by atoms with E-state index in [-0.39, 0.29) is 5.78 Å². The van der Waals surface area contributed by atoms with E-state index >= 15 is 0 Å². The van der Waals surface area contributed by atoms with E-state index in [4.69, 9.17) is 4.74 Å². The molecule has 0 N–H and O–H groups in total. The maximum Gasteiger partial charge on any atom is 0.193 e. The van der Waals surface area contributed by atoms with Crippen LogP contribution in [0.5, 0.6) is 0 Å². The van der Waals surface area contributed by atoms with Crippen molar-refractivity contribution in [3.8, 4) is 11.1 Å². The summed E-state index contributed by atoms with van der Waals surface area (Å²) >= 11 is 0. The Morgan fingerprint density at radius 3 is 2.15 bits per heavy atom. The van der Waals surface area contributed by atoms with Crippen LogP contribution in [0.2, 0.25) is 0 Å². The fourth-order valence-electron chi connectivity index (χ4n) is 3.35. The molecule has 0 aromatic heterocycles. The zero-order chi connectivity index (χ0) is 17.8. The molecule has 130 valence electrons. The van der Waals surface area contributed by atoms with Crippen LogP contribution in [0.25, 0.3) is 11.1 Å². The van der Waals surface area contributed by atoms with Gasteiger partial charge in [-0.1, -0.05) is 60.7 Å². The maximum absolute atomic E-state index is 13.1. The van der Waals surface area contributed by atoms with Gasteiger partial charge in [0.05, 0.1) is 13.2 Å². The van der Waals surface area contributed by atoms with Crippen LogP contribution in [0.4, 0.5) is 5.69 Å². The number of rotatable bonds is 4. The van der Waals surface area contributed by atoms with E-state index in [0.717, 1.165) is 48.7 Å². The van der Waals surface area contributed by atoms with Crippen LogP contribution in [-0.4, -0.2) is 32.1 Å². The van der Waals surface area contributed by atoms with E-state index in [9.17, 15) is 4.79 Å². The van der Waals surface area contributed by atoms with Crippen molar-refractivity contribution >= 4 is 11.5 Å². The van der Waals surface area contributed by atoms with Gasteiger partial charge in [-0.25, -0.2) is 0 Å². The van der Waals surface area contributed by atoms with Crippen LogP contribution < -0.4 is 4.90 Å². The average Bonchev–Trinajstić information content (AvgIpc) is 2.75. The summed E-state index contributed by atoms with van der Waals surface area (Å²) in [4.78, 5) is 15.4. The van der Waals surface area contributed by atoms with Crippen LogP contribution in [0, 0.1) is 0 Å². The lowest BCUT2D eigenvalue weighted by Gasteiger charge is -2.29. The Labute approximate surface area is 153 Å². The predicted molar refractivity (Wildman–Crippen MR) is 105 cm³/mol. The SMILES string of the molecule is O=C(c1ccccc1)c1ccc(N2CCOCC2)cc1-c1ccccc1. The lowest BCUT2D eigenvalue weighted by molar-refractivity contribution is 0.103. The highest BCUT2D eigenvalue weighted by Gasteiger charge is 2.18. The number of ketones is 1. The van der Waals surface area contributed by atoms with Crippen molar-refractivity contribution in [1.29, 1.82) is 0 Å². The Morgan fingerprint density at radius 2 is 1.46 bits per heavy atom. The Morgan fingerprint density at radius 1 is 0.808 bits per heavy atom. The number of nitrogens with zero attached hydrogens (tertiary/aromatic N) is 1. The minimum Gasteiger partial charge on any atom is -0.378 e. The van der Waals surface area contributed by atoms with Gasteiger partial charge in [0.25, 0.3) is 0 Å². The van der Waals surface area contributed by atoms with Crippen molar-refractivity contribution in [3.63, 3.8) is 0 Å². The molecule has 1 aliphatic rings. The summed E-state index contributed by atoms with van der Waals surface area (Å²) in [6, 6.07) is 25.7. The van der Waals surface area contributed by atoms with Crippen molar-refractivity contribution in [2.24, 2.45) is 0 Å².